The van der Waals surface area contributed by atoms with Crippen molar-refractivity contribution in [3.05, 3.63) is 95.6 Å². The van der Waals surface area contributed by atoms with Crippen LogP contribution in [-0.4, -0.2) is 13.0 Å². The summed E-state index contributed by atoms with van der Waals surface area (Å²) < 4.78 is 10.7. The van der Waals surface area contributed by atoms with Crippen LogP contribution in [-0.2, 0) is 17.9 Å². The number of nitrogens with one attached hydrogen (secondary N) is 1. The van der Waals surface area contributed by atoms with Crippen molar-refractivity contribution in [2.75, 3.05) is 7.11 Å². The van der Waals surface area contributed by atoms with Crippen LogP contribution in [0.2, 0.25) is 0 Å². The van der Waals surface area contributed by atoms with Gasteiger partial charge in [0.2, 0.25) is 5.91 Å². The minimum absolute atomic E-state index is 0.186. The first kappa shape index (κ1) is 21.4. The third kappa shape index (κ3) is 7.28. The Balaban J connectivity index is 0.000000171. The normalized spacial score (nSPS) is 12.3. The lowest BCUT2D eigenvalue weighted by Gasteiger charge is -2.06. The fraction of sp³-hybridized carbons (Fsp3) is 0.269. The molecule has 1 fully saturated rings. The Morgan fingerprint density at radius 1 is 0.867 bits per heavy atom. The number of carbonyl (C=O) groups is 1. The van der Waals surface area contributed by atoms with E-state index in [1.54, 1.807) is 7.11 Å². The fourth-order valence-electron chi connectivity index (χ4n) is 2.80. The standard InChI is InChI=1S/C14H14O.C12H15NO2/c1-12-7-9-14(10-8-12)15-11-13-5-3-2-4-6-13;1-15-11-6-2-9(3-7-11)8-13-12(14)10-4-5-10/h2-10H,11H2,1H3;2-3,6-7,10H,4-5,8H2,1H3,(H,13,14). The van der Waals surface area contributed by atoms with Gasteiger partial charge in [-0.1, -0.05) is 60.2 Å². The van der Waals surface area contributed by atoms with Gasteiger partial charge in [-0.2, -0.15) is 0 Å². The molecule has 1 aliphatic rings. The zero-order chi connectivity index (χ0) is 21.2. The lowest BCUT2D eigenvalue weighted by molar-refractivity contribution is -0.122. The SMILES string of the molecule is COc1ccc(CNC(=O)C2CC2)cc1.Cc1ccc(OCc2ccccc2)cc1. The second-order valence-corrected chi connectivity index (χ2v) is 7.43. The predicted octanol–water partition coefficient (Wildman–Crippen LogP) is 5.30. The minimum Gasteiger partial charge on any atom is -0.497 e. The summed E-state index contributed by atoms with van der Waals surface area (Å²) in [6.45, 7) is 3.31. The molecule has 3 aromatic carbocycles. The lowest BCUT2D eigenvalue weighted by Crippen LogP contribution is -2.24. The molecule has 0 unspecified atom stereocenters. The molecule has 0 saturated heterocycles. The Labute approximate surface area is 178 Å². The second-order valence-electron chi connectivity index (χ2n) is 7.43. The van der Waals surface area contributed by atoms with Crippen LogP contribution < -0.4 is 14.8 Å². The highest BCUT2D eigenvalue weighted by Crippen LogP contribution is 2.28. The van der Waals surface area contributed by atoms with Crippen molar-refractivity contribution in [2.24, 2.45) is 5.92 Å². The first-order valence-corrected chi connectivity index (χ1v) is 10.3. The van der Waals surface area contributed by atoms with Gasteiger partial charge < -0.3 is 14.8 Å². The molecular weight excluding hydrogens is 374 g/mol. The number of ether oxygens (including phenoxy) is 2. The quantitative estimate of drug-likeness (QED) is 0.583. The van der Waals surface area contributed by atoms with Gasteiger partial charge in [0, 0.05) is 12.5 Å². The molecule has 0 aromatic heterocycles. The third-order valence-electron chi connectivity index (χ3n) is 4.84. The summed E-state index contributed by atoms with van der Waals surface area (Å²) in [5, 5.41) is 2.92. The molecule has 4 rings (SSSR count). The molecule has 1 amide bonds. The van der Waals surface area contributed by atoms with E-state index in [0.29, 0.717) is 13.2 Å². The molecular formula is C26H29NO3. The summed E-state index contributed by atoms with van der Waals surface area (Å²) in [4.78, 5) is 11.4. The van der Waals surface area contributed by atoms with Crippen LogP contribution in [0.5, 0.6) is 11.5 Å². The largest absolute Gasteiger partial charge is 0.497 e. The van der Waals surface area contributed by atoms with Crippen molar-refractivity contribution in [1.82, 2.24) is 5.32 Å². The van der Waals surface area contributed by atoms with Crippen LogP contribution in [0, 0.1) is 12.8 Å². The molecule has 0 spiro atoms. The van der Waals surface area contributed by atoms with E-state index in [2.05, 4.69) is 36.5 Å². The van der Waals surface area contributed by atoms with Gasteiger partial charge in [0.05, 0.1) is 7.11 Å². The van der Waals surface area contributed by atoms with Crippen LogP contribution in [0.4, 0.5) is 0 Å². The molecule has 0 heterocycles. The Bertz CT molecular complexity index is 901. The first-order chi connectivity index (χ1) is 14.6. The van der Waals surface area contributed by atoms with Crippen molar-refractivity contribution in [3.63, 3.8) is 0 Å². The van der Waals surface area contributed by atoms with Crippen LogP contribution in [0.1, 0.15) is 29.5 Å². The van der Waals surface area contributed by atoms with E-state index >= 15 is 0 Å². The average Bonchev–Trinajstić information content (AvgIpc) is 3.64. The summed E-state index contributed by atoms with van der Waals surface area (Å²) in [6, 6.07) is 26.0. The van der Waals surface area contributed by atoms with Gasteiger partial charge in [-0.25, -0.2) is 0 Å². The number of carbonyl (C=O) groups excluding carboxylic acids is 1. The van der Waals surface area contributed by atoms with E-state index in [9.17, 15) is 4.79 Å². The molecule has 4 nitrogen and oxygen atoms in total. The molecule has 0 radical (unpaired) electrons. The van der Waals surface area contributed by atoms with Gasteiger partial charge >= 0.3 is 0 Å². The molecule has 0 bridgehead atoms. The second kappa shape index (κ2) is 11.1. The van der Waals surface area contributed by atoms with Crippen LogP contribution in [0.25, 0.3) is 0 Å². The maximum atomic E-state index is 11.4. The lowest BCUT2D eigenvalue weighted by atomic mass is 10.2. The van der Waals surface area contributed by atoms with Gasteiger partial charge in [0.15, 0.2) is 0 Å². The number of aryl methyl sites for hydroxylation is 1. The Hall–Kier alpha value is -3.27. The zero-order valence-electron chi connectivity index (χ0n) is 17.6. The topological polar surface area (TPSA) is 47.6 Å². The molecule has 3 aromatic rings. The molecule has 4 heteroatoms. The minimum atomic E-state index is 0.186. The van der Waals surface area contributed by atoms with Crippen LogP contribution in [0.3, 0.4) is 0 Å². The molecule has 1 aliphatic carbocycles. The van der Waals surface area contributed by atoms with Crippen molar-refractivity contribution in [1.29, 1.82) is 0 Å². The predicted molar refractivity (Wildman–Crippen MR) is 120 cm³/mol. The van der Waals surface area contributed by atoms with E-state index in [0.717, 1.165) is 29.9 Å². The van der Waals surface area contributed by atoms with Crippen molar-refractivity contribution >= 4 is 5.91 Å². The van der Waals surface area contributed by atoms with Crippen molar-refractivity contribution < 1.29 is 14.3 Å². The van der Waals surface area contributed by atoms with Gasteiger partial charge in [-0.3, -0.25) is 4.79 Å². The van der Waals surface area contributed by atoms with E-state index < -0.39 is 0 Å². The first-order valence-electron chi connectivity index (χ1n) is 10.3. The monoisotopic (exact) mass is 403 g/mol. The summed E-state index contributed by atoms with van der Waals surface area (Å²) in [7, 11) is 1.64. The van der Waals surface area contributed by atoms with E-state index in [4.69, 9.17) is 9.47 Å². The Morgan fingerprint density at radius 2 is 1.50 bits per heavy atom. The Morgan fingerprint density at radius 3 is 2.10 bits per heavy atom. The average molecular weight is 404 g/mol. The summed E-state index contributed by atoms with van der Waals surface area (Å²) in [6.07, 6.45) is 2.10. The number of methoxy groups -OCH3 is 1. The molecule has 1 N–H and O–H groups in total. The van der Waals surface area contributed by atoms with Crippen molar-refractivity contribution in [2.45, 2.75) is 32.9 Å². The van der Waals surface area contributed by atoms with Gasteiger partial charge in [0.1, 0.15) is 18.1 Å². The smallest absolute Gasteiger partial charge is 0.223 e. The zero-order valence-corrected chi connectivity index (χ0v) is 17.6. The molecule has 1 saturated carbocycles. The number of amides is 1. The highest BCUT2D eigenvalue weighted by Gasteiger charge is 2.29. The van der Waals surface area contributed by atoms with Gasteiger partial charge in [0.25, 0.3) is 0 Å². The summed E-state index contributed by atoms with van der Waals surface area (Å²) >= 11 is 0. The highest BCUT2D eigenvalue weighted by atomic mass is 16.5. The van der Waals surface area contributed by atoms with Gasteiger partial charge in [-0.05, 0) is 55.2 Å². The number of benzene rings is 3. The molecule has 156 valence electrons. The number of rotatable bonds is 7. The van der Waals surface area contributed by atoms with Gasteiger partial charge in [-0.15, -0.1) is 0 Å². The molecule has 0 aliphatic heterocycles. The summed E-state index contributed by atoms with van der Waals surface area (Å²) in [5.41, 5.74) is 3.55. The number of hydrogen-bond acceptors (Lipinski definition) is 3. The van der Waals surface area contributed by atoms with Crippen molar-refractivity contribution in [3.8, 4) is 11.5 Å². The molecule has 30 heavy (non-hydrogen) atoms. The maximum Gasteiger partial charge on any atom is 0.223 e. The highest BCUT2D eigenvalue weighted by molar-refractivity contribution is 5.80. The Kier molecular flexibility index (Phi) is 7.90. The maximum absolute atomic E-state index is 11.4. The van der Waals surface area contributed by atoms with Crippen LogP contribution >= 0.6 is 0 Å². The van der Waals surface area contributed by atoms with E-state index in [1.807, 2.05) is 54.6 Å². The van der Waals surface area contributed by atoms with Crippen LogP contribution in [0.15, 0.2) is 78.9 Å². The summed E-state index contributed by atoms with van der Waals surface area (Å²) in [5.74, 6) is 2.23. The van der Waals surface area contributed by atoms with E-state index in [1.165, 1.54) is 11.1 Å². The third-order valence-corrected chi connectivity index (χ3v) is 4.84. The number of hydrogen-bond donors (Lipinski definition) is 1. The fourth-order valence-corrected chi connectivity index (χ4v) is 2.80. The molecule has 0 atom stereocenters. The van der Waals surface area contributed by atoms with E-state index in [-0.39, 0.29) is 11.8 Å².